The quantitative estimate of drug-likeness (QED) is 0.0911. The molecule has 124 heavy (non-hydrogen) atoms. The molecule has 0 spiro atoms. The summed E-state index contributed by atoms with van der Waals surface area (Å²) in [5.74, 6) is 2.16. The van der Waals surface area contributed by atoms with E-state index in [1.165, 1.54) is 34.4 Å². The van der Waals surface area contributed by atoms with Gasteiger partial charge in [-0.3, -0.25) is 38.4 Å². The minimum atomic E-state index is -0.0319. The van der Waals surface area contributed by atoms with Crippen LogP contribution in [0, 0.1) is 48.5 Å². The predicted octanol–water partition coefficient (Wildman–Crippen LogP) is 24.9. The number of methoxy groups -OCH3 is 2. The first-order valence-corrected chi connectivity index (χ1v) is 40.4. The Hall–Kier alpha value is -15.7. The van der Waals surface area contributed by atoms with Crippen molar-refractivity contribution >= 4 is 57.9 Å². The molecule has 15 aromatic carbocycles. The molecule has 0 saturated heterocycles. The van der Waals surface area contributed by atoms with Crippen LogP contribution < -0.4 is 9.47 Å². The highest BCUT2D eigenvalue weighted by Gasteiger charge is 2.24. The van der Waals surface area contributed by atoms with Crippen LogP contribution in [0.2, 0.25) is 0 Å². The summed E-state index contributed by atoms with van der Waals surface area (Å²) in [7, 11) is 3.20. The van der Waals surface area contributed by atoms with E-state index < -0.39 is 0 Å². The van der Waals surface area contributed by atoms with Gasteiger partial charge in [0, 0.05) is 83.5 Å². The number of phenols is 1. The van der Waals surface area contributed by atoms with Crippen molar-refractivity contribution in [3.63, 3.8) is 0 Å². The number of aryl methyl sites for hydroxylation is 7. The highest BCUT2D eigenvalue weighted by atomic mass is 16.5. The third-order valence-electron chi connectivity index (χ3n) is 20.1. The molecular formula is C113H96O11. The molecule has 0 amide bonds. The molecule has 11 heteroatoms. The average molecular weight is 1630 g/mol. The van der Waals surface area contributed by atoms with E-state index in [1.807, 2.05) is 364 Å². The van der Waals surface area contributed by atoms with Crippen LogP contribution in [0.3, 0.4) is 0 Å². The van der Waals surface area contributed by atoms with Gasteiger partial charge in [-0.25, -0.2) is 0 Å². The second-order valence-electron chi connectivity index (χ2n) is 29.1. The number of ether oxygens (including phenoxy) is 2. The van der Waals surface area contributed by atoms with E-state index in [2.05, 4.69) is 6.07 Å². The van der Waals surface area contributed by atoms with Crippen LogP contribution in [0.25, 0.3) is 11.6 Å². The fourth-order valence-corrected chi connectivity index (χ4v) is 13.1. The van der Waals surface area contributed by atoms with Gasteiger partial charge < -0.3 is 14.6 Å². The largest absolute Gasteiger partial charge is 0.508 e. The van der Waals surface area contributed by atoms with Crippen LogP contribution in [0.4, 0.5) is 0 Å². The third-order valence-corrected chi connectivity index (χ3v) is 20.1. The maximum Gasteiger partial charge on any atom is 0.193 e. The lowest BCUT2D eigenvalue weighted by Crippen LogP contribution is -2.05. The van der Waals surface area contributed by atoms with Crippen LogP contribution in [-0.2, 0) is 4.79 Å². The van der Waals surface area contributed by atoms with Gasteiger partial charge in [0.05, 0.1) is 14.2 Å². The Labute approximate surface area is 726 Å². The third kappa shape index (κ3) is 25.9. The Morgan fingerprint density at radius 2 is 0.524 bits per heavy atom. The summed E-state index contributed by atoms with van der Waals surface area (Å²) in [5, 5.41) is 9.10. The van der Waals surface area contributed by atoms with Crippen molar-refractivity contribution in [2.45, 2.75) is 48.5 Å². The van der Waals surface area contributed by atoms with Crippen LogP contribution in [0.15, 0.2) is 412 Å². The molecule has 11 nitrogen and oxygen atoms in total. The molecule has 15 aromatic rings. The zero-order chi connectivity index (χ0) is 88.3. The lowest BCUT2D eigenvalue weighted by molar-refractivity contribution is -0.110. The van der Waals surface area contributed by atoms with Crippen LogP contribution in [0.5, 0.6) is 17.2 Å². The number of carbonyl (C=O) groups is 8. The number of fused-ring (bicyclic) bond motifs is 3. The highest BCUT2D eigenvalue weighted by molar-refractivity contribution is 6.23. The van der Waals surface area contributed by atoms with Crippen molar-refractivity contribution in [2.75, 3.05) is 14.2 Å². The minimum Gasteiger partial charge on any atom is -0.508 e. The summed E-state index contributed by atoms with van der Waals surface area (Å²) in [6.45, 7) is 13.9. The lowest BCUT2D eigenvalue weighted by Gasteiger charge is -2.06. The van der Waals surface area contributed by atoms with Gasteiger partial charge in [0.15, 0.2) is 46.3 Å². The number of rotatable bonds is 16. The molecule has 0 atom stereocenters. The molecule has 614 valence electrons. The Morgan fingerprint density at radius 3 is 0.863 bits per heavy atom. The van der Waals surface area contributed by atoms with Crippen molar-refractivity contribution in [3.8, 4) is 17.2 Å². The summed E-state index contributed by atoms with van der Waals surface area (Å²) in [6.07, 6.45) is 7.39. The second kappa shape index (κ2) is 46.0. The maximum atomic E-state index is 12.3. The molecule has 2 aliphatic carbocycles. The molecule has 2 aliphatic rings. The number of ketones is 8. The van der Waals surface area contributed by atoms with Gasteiger partial charge >= 0.3 is 0 Å². The number of hydrogen-bond donors (Lipinski definition) is 1. The monoisotopic (exact) mass is 1630 g/mol. The van der Waals surface area contributed by atoms with E-state index in [9.17, 15) is 38.4 Å². The minimum absolute atomic E-state index is 0.0136. The molecule has 0 radical (unpaired) electrons. The van der Waals surface area contributed by atoms with Crippen molar-refractivity contribution in [1.29, 1.82) is 0 Å². The SMILES string of the molecule is COc1ccc(C(=O)c2ccc(OC)cc2)cc1.Cc1ccc(C(=O)c2ccc(C)cc2)cc1.Cc1ccc(C(=O)c2ccccc2)c(C)c1.Cc1ccccc1C(=O)c1ccccc1.Cc1ccccc1C(=O)c1ccccc1C.O=C(c1ccccc1)c1ccc(O)cc1.O=C(c1ccccc1)c1ccccc1.O=C1C=CC=C2C1=Cc1ccccc12. The van der Waals surface area contributed by atoms with Crippen molar-refractivity contribution < 1.29 is 52.9 Å². The Bertz CT molecular complexity index is 6050. The highest BCUT2D eigenvalue weighted by Crippen LogP contribution is 2.37. The first kappa shape index (κ1) is 90.6. The number of aromatic hydroxyl groups is 1. The Kier molecular flexibility index (Phi) is 33.6. The average Bonchev–Trinajstić information content (AvgIpc) is 1.63. The molecule has 0 aromatic heterocycles. The second-order valence-corrected chi connectivity index (χ2v) is 29.1. The van der Waals surface area contributed by atoms with Gasteiger partial charge in [0.25, 0.3) is 0 Å². The van der Waals surface area contributed by atoms with E-state index in [-0.39, 0.29) is 52.0 Å². The number of carbonyl (C=O) groups excluding carboxylic acids is 8. The fraction of sp³-hybridized carbons (Fsp3) is 0.0796. The fourth-order valence-electron chi connectivity index (χ4n) is 13.1. The smallest absolute Gasteiger partial charge is 0.193 e. The van der Waals surface area contributed by atoms with Crippen molar-refractivity contribution in [3.05, 3.63) is 540 Å². The number of hydrogen-bond acceptors (Lipinski definition) is 11. The number of allylic oxidation sites excluding steroid dienone is 5. The Balaban J connectivity index is 0.000000148. The lowest BCUT2D eigenvalue weighted by atomic mass is 9.96. The van der Waals surface area contributed by atoms with E-state index in [0.717, 1.165) is 106 Å². The van der Waals surface area contributed by atoms with Gasteiger partial charge in [-0.05, 0) is 172 Å². The molecule has 0 fully saturated rings. The molecular weight excluding hydrogens is 1530 g/mol. The molecule has 0 unspecified atom stereocenters. The molecule has 17 rings (SSSR count). The Morgan fingerprint density at radius 1 is 0.250 bits per heavy atom. The van der Waals surface area contributed by atoms with E-state index in [0.29, 0.717) is 22.3 Å². The molecule has 1 N–H and O–H groups in total. The molecule has 0 bridgehead atoms. The zero-order valence-electron chi connectivity index (χ0n) is 70.8. The standard InChI is InChI=1S/C15H14O3.3C15H14O.C14H12O.C13H10O2.C13H8O.C13H10O/c1-17-13-7-3-11(4-8-13)15(16)12-5-9-14(18-2)10-6-12;1-11-3-7-13(8-4-11)15(16)14-9-5-12(2)6-10-14;1-11-7-3-5-9-13(11)15(16)14-10-6-4-8-12(14)2;1-11-8-9-14(12(2)10-11)15(16)13-6-4-3-5-7-13;1-11-7-5-6-10-13(11)14(15)12-8-3-2-4-9-12;14-12-8-6-11(7-9-12)13(15)10-4-2-1-3-5-10;14-13-7-3-6-11-10-5-2-1-4-9(10)8-12(11)13;14-13(11-7-3-1-4-8-11)12-9-5-2-6-10-12/h3-10H,1-2H3;3*3-10H,1-2H3;2-10H,1H3;1-9,14H;1-8H;1-10H. The van der Waals surface area contributed by atoms with Gasteiger partial charge in [-0.15, -0.1) is 0 Å². The summed E-state index contributed by atoms with van der Waals surface area (Å²) >= 11 is 0. The normalized spacial score (nSPS) is 10.8. The van der Waals surface area contributed by atoms with Gasteiger partial charge in [-0.1, -0.05) is 344 Å². The van der Waals surface area contributed by atoms with Gasteiger partial charge in [0.2, 0.25) is 0 Å². The van der Waals surface area contributed by atoms with Crippen molar-refractivity contribution in [2.24, 2.45) is 0 Å². The van der Waals surface area contributed by atoms with E-state index in [1.54, 1.807) is 93.1 Å². The first-order valence-electron chi connectivity index (χ1n) is 40.4. The number of benzene rings is 15. The van der Waals surface area contributed by atoms with Crippen LogP contribution in [0.1, 0.15) is 162 Å². The summed E-state index contributed by atoms with van der Waals surface area (Å²) in [6, 6.07) is 119. The summed E-state index contributed by atoms with van der Waals surface area (Å²) < 4.78 is 10.1. The summed E-state index contributed by atoms with van der Waals surface area (Å²) in [5.41, 5.74) is 21.9. The summed E-state index contributed by atoms with van der Waals surface area (Å²) in [4.78, 5) is 96.0. The molecule has 0 saturated carbocycles. The van der Waals surface area contributed by atoms with E-state index >= 15 is 0 Å². The van der Waals surface area contributed by atoms with E-state index in [4.69, 9.17) is 14.6 Å². The topological polar surface area (TPSA) is 175 Å². The molecule has 0 heterocycles. The van der Waals surface area contributed by atoms with Crippen LogP contribution >= 0.6 is 0 Å². The number of phenolic OH excluding ortho intramolecular Hbond substituents is 1. The maximum absolute atomic E-state index is 12.3. The van der Waals surface area contributed by atoms with Gasteiger partial charge in [-0.2, -0.15) is 0 Å². The first-order chi connectivity index (χ1) is 60.1. The van der Waals surface area contributed by atoms with Crippen LogP contribution in [-0.4, -0.2) is 65.6 Å². The van der Waals surface area contributed by atoms with Crippen molar-refractivity contribution in [1.82, 2.24) is 0 Å². The van der Waals surface area contributed by atoms with Gasteiger partial charge in [0.1, 0.15) is 17.2 Å². The predicted molar refractivity (Wildman–Crippen MR) is 499 cm³/mol. The molecule has 0 aliphatic heterocycles. The zero-order valence-corrected chi connectivity index (χ0v) is 70.8.